The number of ether oxygens (including phenoxy) is 1. The molecule has 0 aliphatic carbocycles. The summed E-state index contributed by atoms with van der Waals surface area (Å²) in [6.45, 7) is 3.41. The van der Waals surface area contributed by atoms with E-state index in [1.165, 1.54) is 0 Å². The van der Waals surface area contributed by atoms with Crippen LogP contribution >= 0.6 is 0 Å². The molecule has 2 heterocycles. The molecule has 1 fully saturated rings. The first-order valence-corrected chi connectivity index (χ1v) is 8.93. The Hall–Kier alpha value is -2.37. The van der Waals surface area contributed by atoms with Gasteiger partial charge in [0.1, 0.15) is 0 Å². The lowest BCUT2D eigenvalue weighted by molar-refractivity contribution is -0.151. The van der Waals surface area contributed by atoms with Gasteiger partial charge in [-0.2, -0.15) is 0 Å². The Kier molecular flexibility index (Phi) is 5.36. The molecule has 6 nitrogen and oxygen atoms in total. The maximum Gasteiger partial charge on any atom is 0.309 e. The number of carbonyl (C=O) groups is 3. The Labute approximate surface area is 147 Å². The van der Waals surface area contributed by atoms with Crippen LogP contribution in [-0.2, 0) is 32.0 Å². The molecule has 0 unspecified atom stereocenters. The lowest BCUT2D eigenvalue weighted by Gasteiger charge is -2.31. The minimum atomic E-state index is -0.147. The van der Waals surface area contributed by atoms with Crippen LogP contribution in [0.5, 0.6) is 0 Å². The highest BCUT2D eigenvalue weighted by Crippen LogP contribution is 2.24. The van der Waals surface area contributed by atoms with E-state index >= 15 is 0 Å². The first-order valence-electron chi connectivity index (χ1n) is 8.93. The summed E-state index contributed by atoms with van der Waals surface area (Å²) in [6.07, 6.45) is 2.90. The van der Waals surface area contributed by atoms with E-state index in [9.17, 15) is 14.4 Å². The van der Waals surface area contributed by atoms with E-state index < -0.39 is 0 Å². The third kappa shape index (κ3) is 4.18. The van der Waals surface area contributed by atoms with Gasteiger partial charge in [0.2, 0.25) is 11.8 Å². The predicted molar refractivity (Wildman–Crippen MR) is 93.0 cm³/mol. The van der Waals surface area contributed by atoms with E-state index in [1.54, 1.807) is 6.92 Å². The number of hydrogen-bond acceptors (Lipinski definition) is 4. The molecule has 2 amide bonds. The fourth-order valence-corrected chi connectivity index (χ4v) is 3.46. The van der Waals surface area contributed by atoms with E-state index in [2.05, 4.69) is 5.32 Å². The first-order chi connectivity index (χ1) is 12.1. The number of fused-ring (bicyclic) bond motifs is 1. The van der Waals surface area contributed by atoms with Crippen LogP contribution in [0.4, 0.5) is 5.69 Å². The van der Waals surface area contributed by atoms with Crippen LogP contribution in [0.2, 0.25) is 0 Å². The lowest BCUT2D eigenvalue weighted by Crippen LogP contribution is -2.41. The van der Waals surface area contributed by atoms with Crippen molar-refractivity contribution < 1.29 is 19.1 Å². The highest BCUT2D eigenvalue weighted by molar-refractivity contribution is 5.94. The molecule has 2 aliphatic rings. The number of aryl methyl sites for hydroxylation is 1. The monoisotopic (exact) mass is 344 g/mol. The molecule has 0 aromatic heterocycles. The van der Waals surface area contributed by atoms with Crippen LogP contribution in [0.25, 0.3) is 0 Å². The molecule has 0 saturated carbocycles. The second-order valence-corrected chi connectivity index (χ2v) is 6.62. The van der Waals surface area contributed by atoms with Crippen molar-refractivity contribution in [2.75, 3.05) is 25.0 Å². The molecule has 1 aromatic carbocycles. The van der Waals surface area contributed by atoms with Gasteiger partial charge in [0.05, 0.1) is 18.9 Å². The average Bonchev–Trinajstić information content (AvgIpc) is 2.62. The van der Waals surface area contributed by atoms with Gasteiger partial charge in [-0.25, -0.2) is 0 Å². The Balaban J connectivity index is 1.55. The molecule has 3 rings (SSSR count). The van der Waals surface area contributed by atoms with Gasteiger partial charge in [0.15, 0.2) is 0 Å². The van der Waals surface area contributed by atoms with E-state index in [-0.39, 0.29) is 23.7 Å². The summed E-state index contributed by atoms with van der Waals surface area (Å²) in [5.74, 6) is -0.106. The maximum atomic E-state index is 12.5. The number of carbonyl (C=O) groups excluding carboxylic acids is 3. The maximum absolute atomic E-state index is 12.5. The molecule has 25 heavy (non-hydrogen) atoms. The Morgan fingerprint density at radius 2 is 2.00 bits per heavy atom. The number of nitrogens with zero attached hydrogens (tertiary/aromatic N) is 1. The molecule has 6 heteroatoms. The van der Waals surface area contributed by atoms with Crippen molar-refractivity contribution in [3.63, 3.8) is 0 Å². The first kappa shape index (κ1) is 17.5. The van der Waals surface area contributed by atoms with Gasteiger partial charge in [-0.3, -0.25) is 14.4 Å². The molecule has 2 aliphatic heterocycles. The molecular formula is C19H24N2O4. The quantitative estimate of drug-likeness (QED) is 0.847. The van der Waals surface area contributed by atoms with Crippen molar-refractivity contribution in [1.29, 1.82) is 0 Å². The van der Waals surface area contributed by atoms with Crippen LogP contribution < -0.4 is 5.32 Å². The van der Waals surface area contributed by atoms with Gasteiger partial charge < -0.3 is 15.0 Å². The number of hydrogen-bond donors (Lipinski definition) is 1. The topological polar surface area (TPSA) is 75.7 Å². The molecule has 134 valence electrons. The molecule has 0 spiro atoms. The molecular weight excluding hydrogens is 320 g/mol. The van der Waals surface area contributed by atoms with E-state index in [4.69, 9.17) is 4.74 Å². The summed E-state index contributed by atoms with van der Waals surface area (Å²) < 4.78 is 5.06. The van der Waals surface area contributed by atoms with Crippen molar-refractivity contribution >= 4 is 23.5 Å². The molecule has 0 atom stereocenters. The lowest BCUT2D eigenvalue weighted by atomic mass is 9.96. The Morgan fingerprint density at radius 3 is 2.72 bits per heavy atom. The van der Waals surface area contributed by atoms with Gasteiger partial charge in [0, 0.05) is 25.2 Å². The molecule has 1 saturated heterocycles. The number of amides is 2. The second-order valence-electron chi connectivity index (χ2n) is 6.62. The zero-order valence-corrected chi connectivity index (χ0v) is 14.5. The van der Waals surface area contributed by atoms with Crippen molar-refractivity contribution in [3.8, 4) is 0 Å². The van der Waals surface area contributed by atoms with Crippen molar-refractivity contribution in [2.24, 2.45) is 5.92 Å². The molecule has 1 aromatic rings. The van der Waals surface area contributed by atoms with Gasteiger partial charge in [-0.1, -0.05) is 12.1 Å². The van der Waals surface area contributed by atoms with Crippen LogP contribution in [0.15, 0.2) is 18.2 Å². The summed E-state index contributed by atoms with van der Waals surface area (Å²) in [5, 5.41) is 2.85. The summed E-state index contributed by atoms with van der Waals surface area (Å²) in [6, 6.07) is 5.79. The minimum Gasteiger partial charge on any atom is -0.466 e. The van der Waals surface area contributed by atoms with Crippen molar-refractivity contribution in [2.45, 2.75) is 39.0 Å². The van der Waals surface area contributed by atoms with E-state index in [1.807, 2.05) is 23.1 Å². The van der Waals surface area contributed by atoms with Crippen LogP contribution in [-0.4, -0.2) is 42.4 Å². The molecule has 0 bridgehead atoms. The number of piperidine rings is 1. The highest BCUT2D eigenvalue weighted by Gasteiger charge is 2.28. The standard InChI is InChI=1S/C19H24N2O4/c1-2-25-19(24)14-7-9-21(10-8-14)18(23)12-13-3-5-16-15(11-13)4-6-17(22)20-16/h3,5,11,14H,2,4,6-10,12H2,1H3,(H,20,22). The smallest absolute Gasteiger partial charge is 0.309 e. The van der Waals surface area contributed by atoms with Crippen LogP contribution in [0.3, 0.4) is 0 Å². The third-order valence-electron chi connectivity index (χ3n) is 4.89. The average molecular weight is 344 g/mol. The van der Waals surface area contributed by atoms with Gasteiger partial charge in [-0.05, 0) is 43.4 Å². The summed E-state index contributed by atoms with van der Waals surface area (Å²) in [5.41, 5.74) is 2.90. The fraction of sp³-hybridized carbons (Fsp3) is 0.526. The number of rotatable bonds is 4. The fourth-order valence-electron chi connectivity index (χ4n) is 3.46. The van der Waals surface area contributed by atoms with Gasteiger partial charge in [-0.15, -0.1) is 0 Å². The van der Waals surface area contributed by atoms with Crippen molar-refractivity contribution in [1.82, 2.24) is 4.90 Å². The van der Waals surface area contributed by atoms with Crippen molar-refractivity contribution in [3.05, 3.63) is 29.3 Å². The molecule has 1 N–H and O–H groups in total. The predicted octanol–water partition coefficient (Wildman–Crippen LogP) is 1.92. The largest absolute Gasteiger partial charge is 0.466 e. The van der Waals surface area contributed by atoms with Crippen LogP contribution in [0, 0.1) is 5.92 Å². The minimum absolute atomic E-state index is 0.0424. The highest BCUT2D eigenvalue weighted by atomic mass is 16.5. The Morgan fingerprint density at radius 1 is 1.24 bits per heavy atom. The molecule has 0 radical (unpaired) electrons. The number of nitrogens with one attached hydrogen (secondary N) is 1. The normalized spacial score (nSPS) is 17.6. The zero-order chi connectivity index (χ0) is 17.8. The Bertz CT molecular complexity index is 678. The van der Waals surface area contributed by atoms with E-state index in [0.29, 0.717) is 51.8 Å². The van der Waals surface area contributed by atoms with Gasteiger partial charge in [0.25, 0.3) is 0 Å². The third-order valence-corrected chi connectivity index (χ3v) is 4.89. The SMILES string of the molecule is CCOC(=O)C1CCN(C(=O)Cc2ccc3c(c2)CCC(=O)N3)CC1. The second kappa shape index (κ2) is 7.68. The summed E-state index contributed by atoms with van der Waals surface area (Å²) in [4.78, 5) is 37.5. The van der Waals surface area contributed by atoms with E-state index in [0.717, 1.165) is 16.8 Å². The number of anilines is 1. The number of benzene rings is 1. The van der Waals surface area contributed by atoms with Crippen LogP contribution in [0.1, 0.15) is 37.3 Å². The van der Waals surface area contributed by atoms with Gasteiger partial charge >= 0.3 is 5.97 Å². The summed E-state index contributed by atoms with van der Waals surface area (Å²) in [7, 11) is 0. The number of esters is 1. The number of likely N-dealkylation sites (tertiary alicyclic amines) is 1. The summed E-state index contributed by atoms with van der Waals surface area (Å²) >= 11 is 0. The zero-order valence-electron chi connectivity index (χ0n) is 14.5.